The Bertz CT molecular complexity index is 397. The van der Waals surface area contributed by atoms with Gasteiger partial charge in [0.2, 0.25) is 5.82 Å². The summed E-state index contributed by atoms with van der Waals surface area (Å²) in [6, 6.07) is 0. The molecule has 1 aromatic rings. The van der Waals surface area contributed by atoms with Crippen LogP contribution in [0, 0.1) is 29.1 Å². The van der Waals surface area contributed by atoms with Gasteiger partial charge < -0.3 is 22.3 Å². The predicted octanol–water partition coefficient (Wildman–Crippen LogP) is -2.63. The van der Waals surface area contributed by atoms with Crippen molar-refractivity contribution in [1.29, 1.82) is 0 Å². The molecule has 0 aliphatic heterocycles. The van der Waals surface area contributed by atoms with Gasteiger partial charge in [-0.2, -0.15) is 0 Å². The molecule has 0 N–H and O–H groups in total. The van der Waals surface area contributed by atoms with Gasteiger partial charge in [0, 0.05) is 0 Å². The molecule has 0 heterocycles. The summed E-state index contributed by atoms with van der Waals surface area (Å²) >= 11 is 0. The third-order valence-corrected chi connectivity index (χ3v) is 1.41. The van der Waals surface area contributed by atoms with Gasteiger partial charge >= 0.3 is 23.1 Å². The number of carboxylic acid groups (broad SMARTS) is 1. The van der Waals surface area contributed by atoms with E-state index in [-0.39, 0.29) is 35.5 Å². The molecule has 1 rings (SSSR count). The topological polar surface area (TPSA) is 40.1 Å². The average Bonchev–Trinajstić information content (AvgIpc) is 2.11. The molecule has 0 aliphatic rings. The fourth-order valence-corrected chi connectivity index (χ4v) is 0.784. The largest absolute Gasteiger partial charge is 2.00 e. The molecule has 2 nitrogen and oxygen atoms in total. The van der Waals surface area contributed by atoms with Crippen molar-refractivity contribution in [2.75, 3.05) is 0 Å². The molecule has 0 aliphatic carbocycles. The van der Waals surface area contributed by atoms with E-state index in [0.717, 1.165) is 0 Å². The SMILES string of the molecule is O=C([O-])c1c(F)c(F)c(F)c(F)c1F.[Cl-].[Mg+2]. The van der Waals surface area contributed by atoms with Gasteiger partial charge in [-0.25, -0.2) is 22.0 Å². The van der Waals surface area contributed by atoms with Gasteiger partial charge in [0.25, 0.3) is 0 Å². The molecule has 0 aromatic heterocycles. The summed E-state index contributed by atoms with van der Waals surface area (Å²) in [6.07, 6.45) is 0. The molecule has 0 unspecified atom stereocenters. The Kier molecular flexibility index (Phi) is 6.90. The van der Waals surface area contributed by atoms with Crippen LogP contribution in [0.15, 0.2) is 0 Å². The van der Waals surface area contributed by atoms with Crippen LogP contribution in [-0.4, -0.2) is 29.0 Å². The summed E-state index contributed by atoms with van der Waals surface area (Å²) in [7, 11) is 0. The first-order valence-corrected chi connectivity index (χ1v) is 3.10. The Balaban J connectivity index is 0. The average molecular weight is 271 g/mol. The van der Waals surface area contributed by atoms with Gasteiger partial charge in [0.1, 0.15) is 0 Å². The van der Waals surface area contributed by atoms with E-state index in [9.17, 15) is 31.9 Å². The molecule has 0 saturated heterocycles. The van der Waals surface area contributed by atoms with E-state index in [1.54, 1.807) is 0 Å². The molecular formula is C7ClF5MgO2. The van der Waals surface area contributed by atoms with Crippen LogP contribution in [0.2, 0.25) is 0 Å². The van der Waals surface area contributed by atoms with Gasteiger partial charge in [0.15, 0.2) is 23.3 Å². The molecule has 1 aromatic carbocycles. The van der Waals surface area contributed by atoms with Crippen molar-refractivity contribution in [3.8, 4) is 0 Å². The number of carboxylic acids is 1. The number of carbonyl (C=O) groups excluding carboxylic acids is 1. The number of benzene rings is 1. The maximum absolute atomic E-state index is 12.5. The van der Waals surface area contributed by atoms with E-state index in [0.29, 0.717) is 0 Å². The molecule has 0 bridgehead atoms. The minimum absolute atomic E-state index is 0. The summed E-state index contributed by atoms with van der Waals surface area (Å²) in [4.78, 5) is 10.0. The second-order valence-electron chi connectivity index (χ2n) is 2.23. The van der Waals surface area contributed by atoms with Crippen molar-refractivity contribution < 1.29 is 44.3 Å². The van der Waals surface area contributed by atoms with Crippen LogP contribution < -0.4 is 17.5 Å². The summed E-state index contributed by atoms with van der Waals surface area (Å²) in [5, 5.41) is 10.0. The van der Waals surface area contributed by atoms with Crippen molar-refractivity contribution in [2.45, 2.75) is 0 Å². The van der Waals surface area contributed by atoms with Gasteiger partial charge in [-0.05, 0) is 0 Å². The number of hydrogen-bond donors (Lipinski definition) is 0. The smallest absolute Gasteiger partial charge is 1.00 e. The summed E-state index contributed by atoms with van der Waals surface area (Å²) < 4.78 is 62.0. The Morgan fingerprint density at radius 2 is 1.06 bits per heavy atom. The maximum atomic E-state index is 12.5. The van der Waals surface area contributed by atoms with E-state index >= 15 is 0 Å². The predicted molar refractivity (Wildman–Crippen MR) is 36.3 cm³/mol. The number of rotatable bonds is 1. The molecule has 16 heavy (non-hydrogen) atoms. The zero-order valence-corrected chi connectivity index (χ0v) is 9.46. The van der Waals surface area contributed by atoms with Crippen LogP contribution in [0.4, 0.5) is 22.0 Å². The third kappa shape index (κ3) is 2.74. The zero-order valence-electron chi connectivity index (χ0n) is 7.29. The Morgan fingerprint density at radius 3 is 1.31 bits per heavy atom. The van der Waals surface area contributed by atoms with Crippen LogP contribution in [0.25, 0.3) is 0 Å². The molecule has 0 saturated carbocycles. The van der Waals surface area contributed by atoms with Crippen LogP contribution >= 0.6 is 0 Å². The molecule has 0 fully saturated rings. The summed E-state index contributed by atoms with van der Waals surface area (Å²) in [5.74, 6) is -14.4. The molecule has 9 heteroatoms. The van der Waals surface area contributed by atoms with Crippen molar-refractivity contribution in [3.63, 3.8) is 0 Å². The summed E-state index contributed by atoms with van der Waals surface area (Å²) in [5.41, 5.74) is -1.97. The second-order valence-corrected chi connectivity index (χ2v) is 2.23. The molecule has 0 radical (unpaired) electrons. The van der Waals surface area contributed by atoms with Crippen molar-refractivity contribution in [2.24, 2.45) is 0 Å². The molecule has 0 amide bonds. The van der Waals surface area contributed by atoms with Gasteiger partial charge in [-0.3, -0.25) is 0 Å². The first-order chi connectivity index (χ1) is 6.37. The van der Waals surface area contributed by atoms with Crippen molar-refractivity contribution in [3.05, 3.63) is 34.6 Å². The van der Waals surface area contributed by atoms with E-state index in [4.69, 9.17) is 0 Å². The molecule has 0 spiro atoms. The first-order valence-electron chi connectivity index (χ1n) is 3.10. The third-order valence-electron chi connectivity index (χ3n) is 1.41. The monoisotopic (exact) mass is 270 g/mol. The van der Waals surface area contributed by atoms with Crippen LogP contribution in [0.5, 0.6) is 0 Å². The van der Waals surface area contributed by atoms with E-state index in [1.807, 2.05) is 0 Å². The number of halogens is 6. The first kappa shape index (κ1) is 17.8. The zero-order chi connectivity index (χ0) is 11.0. The number of hydrogen-bond acceptors (Lipinski definition) is 2. The number of carbonyl (C=O) groups is 1. The van der Waals surface area contributed by atoms with Crippen LogP contribution in [0.3, 0.4) is 0 Å². The minimum Gasteiger partial charge on any atom is -1.00 e. The number of aromatic carboxylic acids is 1. The molecule has 84 valence electrons. The Labute approximate surface area is 108 Å². The Morgan fingerprint density at radius 1 is 0.812 bits per heavy atom. The fraction of sp³-hybridized carbons (Fsp3) is 0. The molecule has 0 atom stereocenters. The van der Waals surface area contributed by atoms with Crippen molar-refractivity contribution >= 4 is 29.0 Å². The minimum atomic E-state index is -2.47. The summed E-state index contributed by atoms with van der Waals surface area (Å²) in [6.45, 7) is 0. The van der Waals surface area contributed by atoms with Gasteiger partial charge in [0.05, 0.1) is 11.5 Å². The fourth-order valence-electron chi connectivity index (χ4n) is 0.784. The van der Waals surface area contributed by atoms with Crippen LogP contribution in [0.1, 0.15) is 10.4 Å². The standard InChI is InChI=1S/C7HF5O2.ClH.Mg/c8-2-1(7(13)14)3(9)5(11)6(12)4(2)10;;/h(H,13,14);1H;/q;;+2/p-2. The van der Waals surface area contributed by atoms with E-state index in [2.05, 4.69) is 0 Å². The molecular weight excluding hydrogens is 271 g/mol. The van der Waals surface area contributed by atoms with E-state index in [1.165, 1.54) is 0 Å². The normalized spacial score (nSPS) is 9.06. The van der Waals surface area contributed by atoms with Gasteiger partial charge in [-0.15, -0.1) is 0 Å². The Hall–Kier alpha value is -0.604. The van der Waals surface area contributed by atoms with Gasteiger partial charge in [-0.1, -0.05) is 0 Å². The second kappa shape index (κ2) is 6.21. The van der Waals surface area contributed by atoms with E-state index < -0.39 is 40.6 Å². The van der Waals surface area contributed by atoms with Crippen LogP contribution in [-0.2, 0) is 0 Å². The quantitative estimate of drug-likeness (QED) is 0.242. The van der Waals surface area contributed by atoms with Crippen molar-refractivity contribution in [1.82, 2.24) is 0 Å². The maximum Gasteiger partial charge on any atom is 2.00 e.